The molecule has 0 radical (unpaired) electrons. The van der Waals surface area contributed by atoms with Crippen molar-refractivity contribution in [2.24, 2.45) is 0 Å². The maximum Gasteiger partial charge on any atom is 0.261 e. The van der Waals surface area contributed by atoms with Gasteiger partial charge in [-0.2, -0.15) is 0 Å². The molecule has 4 rings (SSSR count). The molecule has 0 saturated heterocycles. The molecule has 0 spiro atoms. The quantitative estimate of drug-likeness (QED) is 0.436. The molecule has 1 aromatic carbocycles. The molecule has 0 bridgehead atoms. The summed E-state index contributed by atoms with van der Waals surface area (Å²) in [6, 6.07) is 10.0. The maximum atomic E-state index is 12.5. The fourth-order valence-corrected chi connectivity index (χ4v) is 5.45. The summed E-state index contributed by atoms with van der Waals surface area (Å²) in [5, 5.41) is 4.06. The number of rotatable bonds is 8. The number of carbonyl (C=O) groups excluding carboxylic acids is 1. The molecule has 0 saturated carbocycles. The first kappa shape index (κ1) is 18.9. The Morgan fingerprint density at radius 1 is 1.21 bits per heavy atom. The Morgan fingerprint density at radius 2 is 2.04 bits per heavy atom. The van der Waals surface area contributed by atoms with Crippen LogP contribution in [-0.4, -0.2) is 40.1 Å². The number of nitrogens with one attached hydrogen (secondary N) is 1. The Bertz CT molecular complexity index is 1060. The fraction of sp³-hybridized carbons (Fsp3) is 0.350. The van der Waals surface area contributed by atoms with Gasteiger partial charge in [-0.15, -0.1) is 11.3 Å². The van der Waals surface area contributed by atoms with E-state index in [4.69, 9.17) is 0 Å². The Morgan fingerprint density at radius 3 is 2.82 bits per heavy atom. The van der Waals surface area contributed by atoms with Crippen molar-refractivity contribution in [3.8, 4) is 0 Å². The van der Waals surface area contributed by atoms with E-state index in [1.54, 1.807) is 11.3 Å². The molecular formula is C20H23N5OS2. The monoisotopic (exact) mass is 413 g/mol. The zero-order valence-corrected chi connectivity index (χ0v) is 17.6. The molecule has 1 amide bonds. The van der Waals surface area contributed by atoms with Crippen LogP contribution in [0.15, 0.2) is 36.7 Å². The van der Waals surface area contributed by atoms with Gasteiger partial charge in [0.1, 0.15) is 4.83 Å². The molecule has 8 heteroatoms. The molecule has 0 aliphatic heterocycles. The highest BCUT2D eigenvalue weighted by molar-refractivity contribution is 7.29. The lowest BCUT2D eigenvalue weighted by atomic mass is 10.3. The van der Waals surface area contributed by atoms with Crippen LogP contribution in [0.1, 0.15) is 29.9 Å². The highest BCUT2D eigenvalue weighted by atomic mass is 32.1. The number of hydrogen-bond donors (Lipinski definition) is 1. The van der Waals surface area contributed by atoms with E-state index in [9.17, 15) is 4.79 Å². The van der Waals surface area contributed by atoms with Crippen LogP contribution in [0.3, 0.4) is 0 Å². The minimum atomic E-state index is -0.0184. The van der Waals surface area contributed by atoms with E-state index in [1.807, 2.05) is 30.6 Å². The van der Waals surface area contributed by atoms with Crippen molar-refractivity contribution in [1.29, 1.82) is 0 Å². The lowest BCUT2D eigenvalue weighted by Gasteiger charge is -2.16. The zero-order chi connectivity index (χ0) is 19.5. The van der Waals surface area contributed by atoms with Crippen LogP contribution in [-0.2, 0) is 6.54 Å². The van der Waals surface area contributed by atoms with Gasteiger partial charge in [0.25, 0.3) is 5.91 Å². The van der Waals surface area contributed by atoms with Crippen molar-refractivity contribution < 1.29 is 4.79 Å². The minimum absolute atomic E-state index is 0.0184. The number of thiazole rings is 1. The zero-order valence-electron chi connectivity index (χ0n) is 16.0. The van der Waals surface area contributed by atoms with E-state index >= 15 is 0 Å². The summed E-state index contributed by atoms with van der Waals surface area (Å²) in [7, 11) is 0. The summed E-state index contributed by atoms with van der Waals surface area (Å²) in [5.74, 6) is -0.0184. The van der Waals surface area contributed by atoms with Crippen molar-refractivity contribution in [1.82, 2.24) is 19.9 Å². The summed E-state index contributed by atoms with van der Waals surface area (Å²) in [6.07, 6.45) is 2.72. The van der Waals surface area contributed by atoms with Gasteiger partial charge in [-0.3, -0.25) is 4.79 Å². The number of fused-ring (bicyclic) bond motifs is 2. The summed E-state index contributed by atoms with van der Waals surface area (Å²) in [5.41, 5.74) is 2.13. The van der Waals surface area contributed by atoms with E-state index in [0.29, 0.717) is 6.54 Å². The van der Waals surface area contributed by atoms with Crippen molar-refractivity contribution in [2.45, 2.75) is 26.8 Å². The van der Waals surface area contributed by atoms with Crippen LogP contribution in [0.25, 0.3) is 20.6 Å². The Hall–Kier alpha value is -2.45. The van der Waals surface area contributed by atoms with E-state index in [1.165, 1.54) is 11.3 Å². The van der Waals surface area contributed by atoms with E-state index in [-0.39, 0.29) is 5.91 Å². The second-order valence-corrected chi connectivity index (χ2v) is 8.52. The molecule has 0 fully saturated rings. The molecule has 28 heavy (non-hydrogen) atoms. The van der Waals surface area contributed by atoms with Gasteiger partial charge >= 0.3 is 0 Å². The van der Waals surface area contributed by atoms with Crippen LogP contribution < -0.4 is 10.2 Å². The average molecular weight is 414 g/mol. The molecule has 0 aliphatic carbocycles. The number of benzene rings is 1. The molecule has 3 heterocycles. The first-order valence-electron chi connectivity index (χ1n) is 9.53. The van der Waals surface area contributed by atoms with Crippen LogP contribution >= 0.6 is 22.7 Å². The number of thiophene rings is 1. The maximum absolute atomic E-state index is 12.5. The number of carbonyl (C=O) groups is 1. The van der Waals surface area contributed by atoms with Crippen molar-refractivity contribution in [3.63, 3.8) is 0 Å². The summed E-state index contributed by atoms with van der Waals surface area (Å²) >= 11 is 3.12. The lowest BCUT2D eigenvalue weighted by molar-refractivity contribution is 0.0957. The van der Waals surface area contributed by atoms with Gasteiger partial charge in [0.15, 0.2) is 5.13 Å². The van der Waals surface area contributed by atoms with E-state index < -0.39 is 0 Å². The summed E-state index contributed by atoms with van der Waals surface area (Å²) < 4.78 is 3.21. The normalized spacial score (nSPS) is 11.4. The molecule has 6 nitrogen and oxygen atoms in total. The highest BCUT2D eigenvalue weighted by Crippen LogP contribution is 2.34. The summed E-state index contributed by atoms with van der Waals surface area (Å²) in [6.45, 7) is 7.60. The molecule has 0 aliphatic rings. The van der Waals surface area contributed by atoms with Gasteiger partial charge in [0.2, 0.25) is 0 Å². The Kier molecular flexibility index (Phi) is 5.59. The van der Waals surface area contributed by atoms with Gasteiger partial charge in [0, 0.05) is 26.2 Å². The molecule has 146 valence electrons. The predicted molar refractivity (Wildman–Crippen MR) is 118 cm³/mol. The minimum Gasteiger partial charge on any atom is -0.351 e. The third-order valence-electron chi connectivity index (χ3n) is 4.72. The standard InChI is InChI=1S/C20H23N5OS2/c1-3-24(4-2)20-23-19-17(28-20)12-16(27-19)18(26)21-10-7-11-25-13-22-14-8-5-6-9-15(14)25/h5-6,8-9,12-13H,3-4,7,10-11H2,1-2H3,(H,21,26). The number of hydrogen-bond acceptors (Lipinski definition) is 6. The van der Waals surface area contributed by atoms with E-state index in [0.717, 1.165) is 56.6 Å². The van der Waals surface area contributed by atoms with Crippen LogP contribution in [0.4, 0.5) is 5.13 Å². The third-order valence-corrected chi connectivity index (χ3v) is 6.94. The van der Waals surface area contributed by atoms with Crippen molar-refractivity contribution >= 4 is 54.3 Å². The van der Waals surface area contributed by atoms with Gasteiger partial charge < -0.3 is 14.8 Å². The molecule has 0 unspecified atom stereocenters. The van der Waals surface area contributed by atoms with Crippen LogP contribution in [0.5, 0.6) is 0 Å². The van der Waals surface area contributed by atoms with Gasteiger partial charge in [-0.05, 0) is 38.5 Å². The molecule has 0 atom stereocenters. The molecule has 3 aromatic heterocycles. The lowest BCUT2D eigenvalue weighted by Crippen LogP contribution is -2.24. The van der Waals surface area contributed by atoms with Gasteiger partial charge in [-0.25, -0.2) is 9.97 Å². The van der Waals surface area contributed by atoms with Crippen molar-refractivity contribution in [3.05, 3.63) is 41.5 Å². The number of aromatic nitrogens is 3. The average Bonchev–Trinajstić information content (AvgIpc) is 3.39. The molecule has 1 N–H and O–H groups in total. The number of anilines is 1. The number of imidazole rings is 1. The Labute approximate surface area is 171 Å². The molecule has 4 aromatic rings. The largest absolute Gasteiger partial charge is 0.351 e. The number of amides is 1. The van der Waals surface area contributed by atoms with Gasteiger partial charge in [-0.1, -0.05) is 23.5 Å². The SMILES string of the molecule is CCN(CC)c1nc2sc(C(=O)NCCCn3cnc4ccccc43)cc2s1. The van der Waals surface area contributed by atoms with Crippen molar-refractivity contribution in [2.75, 3.05) is 24.5 Å². The molecular weight excluding hydrogens is 390 g/mol. The topological polar surface area (TPSA) is 63.1 Å². The first-order valence-corrected chi connectivity index (χ1v) is 11.2. The summed E-state index contributed by atoms with van der Waals surface area (Å²) in [4.78, 5) is 25.5. The first-order chi connectivity index (χ1) is 13.7. The number of nitrogens with zero attached hydrogens (tertiary/aromatic N) is 4. The van der Waals surface area contributed by atoms with E-state index in [2.05, 4.69) is 44.7 Å². The smallest absolute Gasteiger partial charge is 0.261 e. The Balaban J connectivity index is 1.33. The second kappa shape index (κ2) is 8.28. The van der Waals surface area contributed by atoms with Gasteiger partial charge in [0.05, 0.1) is 26.9 Å². The predicted octanol–water partition coefficient (Wildman–Crippen LogP) is 4.37. The van der Waals surface area contributed by atoms with Crippen LogP contribution in [0, 0.1) is 0 Å². The highest BCUT2D eigenvalue weighted by Gasteiger charge is 2.15. The fourth-order valence-electron chi connectivity index (χ4n) is 3.19. The van der Waals surface area contributed by atoms with Crippen LogP contribution in [0.2, 0.25) is 0 Å². The number of para-hydroxylation sites is 2. The second-order valence-electron chi connectivity index (χ2n) is 6.48. The third kappa shape index (κ3) is 3.74. The number of aryl methyl sites for hydroxylation is 1.